The number of thiazole rings is 1. The molecular formula is C25H31N3O3S. The number of aromatic nitrogens is 1. The molecule has 0 aliphatic carbocycles. The number of hydrogen-bond donors (Lipinski definition) is 2. The number of hydrogen-bond acceptors (Lipinski definition) is 6. The summed E-state index contributed by atoms with van der Waals surface area (Å²) in [7, 11) is 0. The summed E-state index contributed by atoms with van der Waals surface area (Å²) in [6.07, 6.45) is 1.21. The molecule has 2 heterocycles. The van der Waals surface area contributed by atoms with E-state index in [1.807, 2.05) is 19.9 Å². The molecular weight excluding hydrogens is 422 g/mol. The highest BCUT2D eigenvalue weighted by Gasteiger charge is 2.25. The quantitative estimate of drug-likeness (QED) is 0.462. The summed E-state index contributed by atoms with van der Waals surface area (Å²) in [6, 6.07) is 12.6. The van der Waals surface area contributed by atoms with Crippen LogP contribution in [-0.2, 0) is 9.53 Å². The maximum Gasteiger partial charge on any atom is 0.303 e. The number of rotatable bonds is 7. The van der Waals surface area contributed by atoms with Crippen LogP contribution in [0.2, 0.25) is 0 Å². The number of nitrogens with zero attached hydrogens (tertiary/aromatic N) is 2. The van der Waals surface area contributed by atoms with Gasteiger partial charge in [-0.25, -0.2) is 4.98 Å². The minimum Gasteiger partial charge on any atom is -0.481 e. The molecule has 0 amide bonds. The first-order valence-corrected chi connectivity index (χ1v) is 12.0. The highest BCUT2D eigenvalue weighted by atomic mass is 32.1. The standard InChI is InChI=1S/C25H31N3O3S/c1-5-18(11-25(29)30)19-6-9-23(28-13-15(2)31-16(3)14-28)22(10-19)27-20-7-8-21-24(12-20)32-17(4)26-21/h6-10,12,15-16,18,27H,5,11,13-14H2,1-4H3,(H,29,30)/t15-,16+,18?. The number of carbonyl (C=O) groups is 1. The van der Waals surface area contributed by atoms with E-state index in [-0.39, 0.29) is 24.5 Å². The highest BCUT2D eigenvalue weighted by Crippen LogP contribution is 2.36. The third-order valence-corrected chi connectivity index (χ3v) is 6.87. The molecule has 1 aliphatic heterocycles. The van der Waals surface area contributed by atoms with Crippen LogP contribution < -0.4 is 10.2 Å². The van der Waals surface area contributed by atoms with E-state index in [1.54, 1.807) is 11.3 Å². The van der Waals surface area contributed by atoms with Crippen molar-refractivity contribution in [3.05, 3.63) is 47.0 Å². The number of nitrogens with one attached hydrogen (secondary N) is 1. The fraction of sp³-hybridized carbons (Fsp3) is 0.440. The highest BCUT2D eigenvalue weighted by molar-refractivity contribution is 7.18. The van der Waals surface area contributed by atoms with Crippen LogP contribution in [0.5, 0.6) is 0 Å². The molecule has 1 saturated heterocycles. The average Bonchev–Trinajstić information content (AvgIpc) is 3.10. The van der Waals surface area contributed by atoms with Gasteiger partial charge < -0.3 is 20.1 Å². The molecule has 32 heavy (non-hydrogen) atoms. The second-order valence-corrected chi connectivity index (χ2v) is 9.92. The number of morpholine rings is 1. The van der Waals surface area contributed by atoms with E-state index in [4.69, 9.17) is 4.74 Å². The Balaban J connectivity index is 1.72. The Kier molecular flexibility index (Phi) is 6.67. The van der Waals surface area contributed by atoms with Crippen molar-refractivity contribution in [3.8, 4) is 0 Å². The third kappa shape index (κ3) is 5.05. The fourth-order valence-corrected chi connectivity index (χ4v) is 5.41. The summed E-state index contributed by atoms with van der Waals surface area (Å²) >= 11 is 1.68. The molecule has 2 N–H and O–H groups in total. The first kappa shape index (κ1) is 22.6. The molecule has 3 atom stereocenters. The summed E-state index contributed by atoms with van der Waals surface area (Å²) in [5, 5.41) is 14.0. The van der Waals surface area contributed by atoms with E-state index in [9.17, 15) is 9.90 Å². The maximum atomic E-state index is 11.4. The van der Waals surface area contributed by atoms with Crippen LogP contribution in [0.4, 0.5) is 17.1 Å². The number of benzene rings is 2. The van der Waals surface area contributed by atoms with E-state index >= 15 is 0 Å². The van der Waals surface area contributed by atoms with Crippen molar-refractivity contribution < 1.29 is 14.6 Å². The predicted octanol–water partition coefficient (Wildman–Crippen LogP) is 5.93. The maximum absolute atomic E-state index is 11.4. The molecule has 7 heteroatoms. The van der Waals surface area contributed by atoms with Gasteiger partial charge in [0.15, 0.2) is 0 Å². The number of carboxylic acids is 1. The van der Waals surface area contributed by atoms with Crippen LogP contribution in [0.15, 0.2) is 36.4 Å². The Hall–Kier alpha value is -2.64. The SMILES string of the molecule is CCC(CC(=O)O)c1ccc(N2C[C@@H](C)O[C@@H](C)C2)c(Nc2ccc3nc(C)sc3c2)c1. The minimum absolute atomic E-state index is 0.0173. The Morgan fingerprint density at radius 1 is 1.25 bits per heavy atom. The van der Waals surface area contributed by atoms with Gasteiger partial charge in [0.2, 0.25) is 0 Å². The molecule has 0 bridgehead atoms. The topological polar surface area (TPSA) is 74.7 Å². The van der Waals surface area contributed by atoms with Gasteiger partial charge in [-0.05, 0) is 69.0 Å². The lowest BCUT2D eigenvalue weighted by Gasteiger charge is -2.38. The Morgan fingerprint density at radius 2 is 2.00 bits per heavy atom. The molecule has 170 valence electrons. The zero-order chi connectivity index (χ0) is 22.8. The van der Waals surface area contributed by atoms with Crippen molar-refractivity contribution in [2.45, 2.75) is 58.7 Å². The second kappa shape index (κ2) is 9.46. The number of carboxylic acid groups (broad SMARTS) is 1. The van der Waals surface area contributed by atoms with E-state index in [2.05, 4.69) is 59.4 Å². The molecule has 0 saturated carbocycles. The Labute approximate surface area is 193 Å². The van der Waals surface area contributed by atoms with Crippen molar-refractivity contribution in [2.75, 3.05) is 23.3 Å². The third-order valence-electron chi connectivity index (χ3n) is 5.94. The molecule has 1 unspecified atom stereocenters. The molecule has 4 rings (SSSR count). The van der Waals surface area contributed by atoms with Crippen LogP contribution in [-0.4, -0.2) is 41.4 Å². The molecule has 3 aromatic rings. The Bertz CT molecular complexity index is 1100. The van der Waals surface area contributed by atoms with Crippen molar-refractivity contribution in [1.82, 2.24) is 4.98 Å². The van der Waals surface area contributed by atoms with E-state index in [0.717, 1.165) is 57.4 Å². The average molecular weight is 454 g/mol. The smallest absolute Gasteiger partial charge is 0.303 e. The molecule has 1 fully saturated rings. The summed E-state index contributed by atoms with van der Waals surface area (Å²) in [5.41, 5.74) is 5.16. The van der Waals surface area contributed by atoms with Crippen molar-refractivity contribution in [1.29, 1.82) is 0 Å². The summed E-state index contributed by atoms with van der Waals surface area (Å²) in [6.45, 7) is 9.90. The summed E-state index contributed by atoms with van der Waals surface area (Å²) in [5.74, 6) is -0.784. The van der Waals surface area contributed by atoms with Crippen molar-refractivity contribution in [3.63, 3.8) is 0 Å². The van der Waals surface area contributed by atoms with Gasteiger partial charge in [0.05, 0.1) is 45.2 Å². The van der Waals surface area contributed by atoms with Crippen LogP contribution in [0.3, 0.4) is 0 Å². The molecule has 0 spiro atoms. The van der Waals surface area contributed by atoms with Gasteiger partial charge in [-0.1, -0.05) is 13.0 Å². The van der Waals surface area contributed by atoms with Gasteiger partial charge in [-0.3, -0.25) is 4.79 Å². The Morgan fingerprint density at radius 3 is 2.69 bits per heavy atom. The van der Waals surface area contributed by atoms with Gasteiger partial charge >= 0.3 is 5.97 Å². The first-order valence-electron chi connectivity index (χ1n) is 11.2. The van der Waals surface area contributed by atoms with Crippen molar-refractivity contribution >= 4 is 44.6 Å². The van der Waals surface area contributed by atoms with Gasteiger partial charge in [0, 0.05) is 18.8 Å². The number of fused-ring (bicyclic) bond motifs is 1. The lowest BCUT2D eigenvalue weighted by atomic mass is 9.92. The number of aliphatic carboxylic acids is 1. The summed E-state index contributed by atoms with van der Waals surface area (Å²) < 4.78 is 7.09. The number of ether oxygens (including phenoxy) is 1. The zero-order valence-corrected chi connectivity index (χ0v) is 19.9. The van der Waals surface area contributed by atoms with E-state index in [1.165, 1.54) is 0 Å². The van der Waals surface area contributed by atoms with Crippen LogP contribution in [0, 0.1) is 6.92 Å². The number of anilines is 3. The van der Waals surface area contributed by atoms with Crippen LogP contribution >= 0.6 is 11.3 Å². The largest absolute Gasteiger partial charge is 0.481 e. The van der Waals surface area contributed by atoms with Gasteiger partial charge in [0.1, 0.15) is 0 Å². The minimum atomic E-state index is -0.766. The van der Waals surface area contributed by atoms with Gasteiger partial charge in [-0.15, -0.1) is 11.3 Å². The molecule has 1 aromatic heterocycles. The first-order chi connectivity index (χ1) is 15.3. The molecule has 6 nitrogen and oxygen atoms in total. The molecule has 1 aliphatic rings. The monoisotopic (exact) mass is 453 g/mol. The fourth-order valence-electron chi connectivity index (χ4n) is 4.54. The van der Waals surface area contributed by atoms with Gasteiger partial charge in [0.25, 0.3) is 0 Å². The van der Waals surface area contributed by atoms with Crippen LogP contribution in [0.25, 0.3) is 10.2 Å². The number of aryl methyl sites for hydroxylation is 1. The van der Waals surface area contributed by atoms with E-state index < -0.39 is 5.97 Å². The van der Waals surface area contributed by atoms with Crippen molar-refractivity contribution in [2.24, 2.45) is 0 Å². The summed E-state index contributed by atoms with van der Waals surface area (Å²) in [4.78, 5) is 18.3. The molecule has 0 radical (unpaired) electrons. The van der Waals surface area contributed by atoms with E-state index in [0.29, 0.717) is 0 Å². The zero-order valence-electron chi connectivity index (χ0n) is 19.1. The van der Waals surface area contributed by atoms with Crippen LogP contribution in [0.1, 0.15) is 50.1 Å². The normalized spacial score (nSPS) is 19.8. The lowest BCUT2D eigenvalue weighted by Crippen LogP contribution is -2.45. The predicted molar refractivity (Wildman–Crippen MR) is 132 cm³/mol. The second-order valence-electron chi connectivity index (χ2n) is 8.68. The lowest BCUT2D eigenvalue weighted by molar-refractivity contribution is -0.137. The van der Waals surface area contributed by atoms with Gasteiger partial charge in [-0.2, -0.15) is 0 Å². The molecule has 2 aromatic carbocycles.